The van der Waals surface area contributed by atoms with Crippen LogP contribution in [0.3, 0.4) is 0 Å². The zero-order valence-electron chi connectivity index (χ0n) is 9.68. The molecule has 0 aliphatic heterocycles. The topological polar surface area (TPSA) is 47.9 Å². The van der Waals surface area contributed by atoms with E-state index < -0.39 is 6.10 Å². The maximum absolute atomic E-state index is 9.41. The predicted octanol–water partition coefficient (Wildman–Crippen LogP) is 1.22. The van der Waals surface area contributed by atoms with Crippen LogP contribution in [-0.2, 0) is 16.1 Å². The van der Waals surface area contributed by atoms with Gasteiger partial charge in [-0.15, -0.1) is 0 Å². The Hall–Kier alpha value is -1.10. The van der Waals surface area contributed by atoms with Gasteiger partial charge in [0.25, 0.3) is 0 Å². The van der Waals surface area contributed by atoms with Crippen molar-refractivity contribution in [2.75, 3.05) is 27.4 Å². The summed E-state index contributed by atoms with van der Waals surface area (Å²) in [5, 5.41) is 9.41. The maximum atomic E-state index is 9.41. The van der Waals surface area contributed by atoms with Gasteiger partial charge in [-0.25, -0.2) is 0 Å². The highest BCUT2D eigenvalue weighted by Crippen LogP contribution is 2.14. The average Bonchev–Trinajstić information content (AvgIpc) is 2.28. The van der Waals surface area contributed by atoms with Gasteiger partial charge in [0, 0.05) is 14.2 Å². The molecule has 0 spiro atoms. The number of ether oxygens (including phenoxy) is 3. The summed E-state index contributed by atoms with van der Waals surface area (Å²) in [7, 11) is 3.19. The number of methoxy groups -OCH3 is 2. The van der Waals surface area contributed by atoms with Gasteiger partial charge >= 0.3 is 0 Å². The van der Waals surface area contributed by atoms with Gasteiger partial charge in [-0.1, -0.05) is 12.1 Å². The largest absolute Gasteiger partial charge is 0.491 e. The Morgan fingerprint density at radius 1 is 1.19 bits per heavy atom. The van der Waals surface area contributed by atoms with E-state index in [9.17, 15) is 5.11 Å². The number of benzene rings is 1. The quantitative estimate of drug-likeness (QED) is 0.759. The Kier molecular flexibility index (Phi) is 5.85. The minimum atomic E-state index is -0.601. The molecule has 1 atom stereocenters. The molecule has 90 valence electrons. The molecule has 0 saturated carbocycles. The van der Waals surface area contributed by atoms with Gasteiger partial charge in [0.05, 0.1) is 13.2 Å². The number of aliphatic hydroxyl groups excluding tert-OH is 1. The number of hydrogen-bond donors (Lipinski definition) is 1. The summed E-state index contributed by atoms with van der Waals surface area (Å²) in [6.45, 7) is 1.06. The van der Waals surface area contributed by atoms with Crippen molar-refractivity contribution in [1.82, 2.24) is 0 Å². The normalized spacial score (nSPS) is 12.4. The van der Waals surface area contributed by atoms with Crippen LogP contribution in [0.2, 0.25) is 0 Å². The lowest BCUT2D eigenvalue weighted by atomic mass is 10.2. The molecule has 1 aromatic carbocycles. The van der Waals surface area contributed by atoms with E-state index in [0.717, 1.165) is 11.3 Å². The molecular formula is C12H18O4. The molecule has 4 nitrogen and oxygen atoms in total. The van der Waals surface area contributed by atoms with Crippen molar-refractivity contribution >= 4 is 0 Å². The van der Waals surface area contributed by atoms with Gasteiger partial charge in [-0.3, -0.25) is 0 Å². The first-order valence-electron chi connectivity index (χ1n) is 5.14. The third-order valence-electron chi connectivity index (χ3n) is 2.01. The summed E-state index contributed by atoms with van der Waals surface area (Å²) in [4.78, 5) is 0. The van der Waals surface area contributed by atoms with Crippen molar-refractivity contribution in [3.63, 3.8) is 0 Å². The highest BCUT2D eigenvalue weighted by atomic mass is 16.5. The zero-order valence-corrected chi connectivity index (χ0v) is 9.68. The van der Waals surface area contributed by atoms with E-state index in [1.165, 1.54) is 0 Å². The summed E-state index contributed by atoms with van der Waals surface area (Å²) in [5.41, 5.74) is 1.04. The third kappa shape index (κ3) is 4.61. The standard InChI is InChI=1S/C12H18O4/c1-14-7-10-4-3-5-12(6-10)16-9-11(13)8-15-2/h3-6,11,13H,7-9H2,1-2H3. The molecular weight excluding hydrogens is 208 g/mol. The van der Waals surface area contributed by atoms with E-state index in [1.54, 1.807) is 14.2 Å². The van der Waals surface area contributed by atoms with Crippen LogP contribution < -0.4 is 4.74 Å². The van der Waals surface area contributed by atoms with Crippen LogP contribution >= 0.6 is 0 Å². The highest BCUT2D eigenvalue weighted by Gasteiger charge is 2.04. The Morgan fingerprint density at radius 2 is 2.00 bits per heavy atom. The minimum Gasteiger partial charge on any atom is -0.491 e. The first-order chi connectivity index (χ1) is 7.76. The SMILES string of the molecule is COCc1cccc(OCC(O)COC)c1. The summed E-state index contributed by atoms with van der Waals surface area (Å²) >= 11 is 0. The molecule has 0 amide bonds. The van der Waals surface area contributed by atoms with Crippen LogP contribution in [0.15, 0.2) is 24.3 Å². The molecule has 0 aliphatic carbocycles. The molecule has 0 heterocycles. The van der Waals surface area contributed by atoms with Crippen LogP contribution in [0, 0.1) is 0 Å². The third-order valence-corrected chi connectivity index (χ3v) is 2.01. The number of aliphatic hydroxyl groups is 1. The molecule has 0 fully saturated rings. The first kappa shape index (κ1) is 13.0. The van der Waals surface area contributed by atoms with Gasteiger partial charge in [-0.2, -0.15) is 0 Å². The predicted molar refractivity (Wildman–Crippen MR) is 60.5 cm³/mol. The second-order valence-electron chi connectivity index (χ2n) is 3.50. The number of hydrogen-bond acceptors (Lipinski definition) is 4. The molecule has 4 heteroatoms. The fourth-order valence-electron chi connectivity index (χ4n) is 1.32. The van der Waals surface area contributed by atoms with Crippen LogP contribution in [-0.4, -0.2) is 38.6 Å². The molecule has 0 radical (unpaired) electrons. The van der Waals surface area contributed by atoms with Crippen LogP contribution in [0.25, 0.3) is 0 Å². The lowest BCUT2D eigenvalue weighted by Gasteiger charge is -2.12. The van der Waals surface area contributed by atoms with Gasteiger partial charge < -0.3 is 19.3 Å². The van der Waals surface area contributed by atoms with E-state index in [1.807, 2.05) is 24.3 Å². The summed E-state index contributed by atoms with van der Waals surface area (Å²) in [6, 6.07) is 7.59. The first-order valence-corrected chi connectivity index (χ1v) is 5.14. The molecule has 1 N–H and O–H groups in total. The molecule has 0 saturated heterocycles. The highest BCUT2D eigenvalue weighted by molar-refractivity contribution is 5.28. The minimum absolute atomic E-state index is 0.226. The lowest BCUT2D eigenvalue weighted by molar-refractivity contribution is 0.0325. The van der Waals surface area contributed by atoms with E-state index >= 15 is 0 Å². The van der Waals surface area contributed by atoms with Crippen molar-refractivity contribution in [2.45, 2.75) is 12.7 Å². The average molecular weight is 226 g/mol. The fraction of sp³-hybridized carbons (Fsp3) is 0.500. The summed E-state index contributed by atoms with van der Waals surface area (Å²) < 4.78 is 15.2. The van der Waals surface area contributed by atoms with Crippen molar-refractivity contribution in [1.29, 1.82) is 0 Å². The van der Waals surface area contributed by atoms with Gasteiger partial charge in [-0.05, 0) is 17.7 Å². The van der Waals surface area contributed by atoms with Gasteiger partial charge in [0.2, 0.25) is 0 Å². The second kappa shape index (κ2) is 7.22. The second-order valence-corrected chi connectivity index (χ2v) is 3.50. The smallest absolute Gasteiger partial charge is 0.119 e. The Bertz CT molecular complexity index is 301. The molecule has 0 aliphatic rings. The number of rotatable bonds is 7. The van der Waals surface area contributed by atoms with E-state index in [0.29, 0.717) is 6.61 Å². The van der Waals surface area contributed by atoms with E-state index in [4.69, 9.17) is 14.2 Å². The molecule has 1 rings (SSSR count). The molecule has 1 unspecified atom stereocenters. The zero-order chi connectivity index (χ0) is 11.8. The van der Waals surface area contributed by atoms with Crippen molar-refractivity contribution < 1.29 is 19.3 Å². The van der Waals surface area contributed by atoms with Crippen molar-refractivity contribution in [2.24, 2.45) is 0 Å². The lowest BCUT2D eigenvalue weighted by Crippen LogP contribution is -2.22. The fourth-order valence-corrected chi connectivity index (χ4v) is 1.32. The Morgan fingerprint density at radius 3 is 2.69 bits per heavy atom. The van der Waals surface area contributed by atoms with Crippen molar-refractivity contribution in [3.05, 3.63) is 29.8 Å². The van der Waals surface area contributed by atoms with Crippen molar-refractivity contribution in [3.8, 4) is 5.75 Å². The van der Waals surface area contributed by atoms with E-state index in [-0.39, 0.29) is 13.2 Å². The van der Waals surface area contributed by atoms with Crippen LogP contribution in [0.1, 0.15) is 5.56 Å². The summed E-state index contributed by atoms with van der Waals surface area (Å²) in [6.07, 6.45) is -0.601. The Labute approximate surface area is 95.8 Å². The van der Waals surface area contributed by atoms with Crippen LogP contribution in [0.5, 0.6) is 5.75 Å². The van der Waals surface area contributed by atoms with Gasteiger partial charge in [0.15, 0.2) is 0 Å². The molecule has 0 aromatic heterocycles. The van der Waals surface area contributed by atoms with Gasteiger partial charge in [0.1, 0.15) is 18.5 Å². The molecule has 16 heavy (non-hydrogen) atoms. The molecule has 0 bridgehead atoms. The van der Waals surface area contributed by atoms with E-state index in [2.05, 4.69) is 0 Å². The molecule has 1 aromatic rings. The Balaban J connectivity index is 2.44. The monoisotopic (exact) mass is 226 g/mol. The van der Waals surface area contributed by atoms with Crippen LogP contribution in [0.4, 0.5) is 0 Å². The summed E-state index contributed by atoms with van der Waals surface area (Å²) in [5.74, 6) is 0.727. The maximum Gasteiger partial charge on any atom is 0.119 e.